The Kier molecular flexibility index (Phi) is 9.62. The van der Waals surface area contributed by atoms with Crippen molar-refractivity contribution in [3.8, 4) is 0 Å². The number of carbonyl (C=O) groups excluding carboxylic acids is 3. The van der Waals surface area contributed by atoms with Gasteiger partial charge in [-0.05, 0) is 31.9 Å². The zero-order chi connectivity index (χ0) is 27.1. The molecular formula is C26H35N5O6S. The van der Waals surface area contributed by atoms with Gasteiger partial charge in [-0.1, -0.05) is 11.8 Å². The van der Waals surface area contributed by atoms with Crippen molar-refractivity contribution < 1.29 is 28.3 Å². The van der Waals surface area contributed by atoms with Crippen LogP contribution < -0.4 is 4.90 Å². The summed E-state index contributed by atoms with van der Waals surface area (Å²) in [5.41, 5.74) is 0.769. The third kappa shape index (κ3) is 7.04. The maximum Gasteiger partial charge on any atom is 0.310 e. The molecule has 0 aromatic carbocycles. The van der Waals surface area contributed by atoms with Crippen molar-refractivity contribution in [1.82, 2.24) is 19.8 Å². The summed E-state index contributed by atoms with van der Waals surface area (Å²) < 4.78 is 16.3. The number of likely N-dealkylation sites (tertiary alicyclic amines) is 1. The quantitative estimate of drug-likeness (QED) is 0.264. The van der Waals surface area contributed by atoms with Crippen LogP contribution in [0.3, 0.4) is 0 Å². The number of aromatic nitrogens is 2. The van der Waals surface area contributed by atoms with Gasteiger partial charge in [-0.2, -0.15) is 0 Å². The van der Waals surface area contributed by atoms with Crippen LogP contribution in [0.5, 0.6) is 0 Å². The molecule has 2 aromatic rings. The van der Waals surface area contributed by atoms with Gasteiger partial charge in [0, 0.05) is 59.4 Å². The number of esters is 1. The lowest BCUT2D eigenvalue weighted by molar-refractivity contribution is -0.149. The van der Waals surface area contributed by atoms with Crippen molar-refractivity contribution in [2.24, 2.45) is 5.92 Å². The number of piperidine rings is 1. The number of nitrogens with zero attached hydrogens (tertiary/aromatic N) is 5. The van der Waals surface area contributed by atoms with Gasteiger partial charge >= 0.3 is 5.97 Å². The minimum absolute atomic E-state index is 0.0825. The van der Waals surface area contributed by atoms with Crippen LogP contribution in [0.15, 0.2) is 27.8 Å². The molecule has 1 unspecified atom stereocenters. The van der Waals surface area contributed by atoms with Gasteiger partial charge in [-0.15, -0.1) is 0 Å². The predicted octanol–water partition coefficient (Wildman–Crippen LogP) is 2.59. The minimum Gasteiger partial charge on any atom is -0.466 e. The van der Waals surface area contributed by atoms with Crippen LogP contribution in [0.2, 0.25) is 0 Å². The third-order valence-electron chi connectivity index (χ3n) is 6.63. The molecule has 2 aliphatic rings. The van der Waals surface area contributed by atoms with Crippen LogP contribution in [0.1, 0.15) is 48.7 Å². The van der Waals surface area contributed by atoms with Gasteiger partial charge in [0.05, 0.1) is 30.6 Å². The van der Waals surface area contributed by atoms with E-state index in [0.29, 0.717) is 69.2 Å². The number of anilines is 1. The first-order chi connectivity index (χ1) is 18.4. The summed E-state index contributed by atoms with van der Waals surface area (Å²) >= 11 is 1.42. The molecule has 2 saturated heterocycles. The van der Waals surface area contributed by atoms with Crippen molar-refractivity contribution >= 4 is 35.4 Å². The highest BCUT2D eigenvalue weighted by atomic mass is 32.2. The number of thioether (sulfide) groups is 1. The van der Waals surface area contributed by atoms with E-state index in [0.717, 1.165) is 24.4 Å². The molecule has 4 rings (SSSR count). The summed E-state index contributed by atoms with van der Waals surface area (Å²) in [4.78, 5) is 51.8. The van der Waals surface area contributed by atoms with E-state index in [2.05, 4.69) is 9.88 Å². The summed E-state index contributed by atoms with van der Waals surface area (Å²) in [5, 5.41) is 0.584. The minimum atomic E-state index is -0.297. The monoisotopic (exact) mass is 545 g/mol. The molecule has 0 saturated carbocycles. The number of carbonyl (C=O) groups is 3. The topological polar surface area (TPSA) is 118 Å². The lowest BCUT2D eigenvalue weighted by atomic mass is 9.98. The average molecular weight is 546 g/mol. The number of methoxy groups -OCH3 is 1. The predicted molar refractivity (Wildman–Crippen MR) is 141 cm³/mol. The van der Waals surface area contributed by atoms with Crippen LogP contribution >= 0.6 is 11.8 Å². The van der Waals surface area contributed by atoms with Gasteiger partial charge in [-0.25, -0.2) is 9.97 Å². The fraction of sp³-hybridized carbons (Fsp3) is 0.577. The molecule has 4 heterocycles. The molecule has 1 atom stereocenters. The highest BCUT2D eigenvalue weighted by Gasteiger charge is 2.31. The Morgan fingerprint density at radius 2 is 1.89 bits per heavy atom. The molecule has 0 radical (unpaired) electrons. The highest BCUT2D eigenvalue weighted by molar-refractivity contribution is 7.98. The van der Waals surface area contributed by atoms with E-state index in [1.165, 1.54) is 11.8 Å². The number of piperazine rings is 1. The fourth-order valence-corrected chi connectivity index (χ4v) is 5.40. The van der Waals surface area contributed by atoms with Gasteiger partial charge < -0.3 is 28.6 Å². The van der Waals surface area contributed by atoms with Crippen molar-refractivity contribution in [3.63, 3.8) is 0 Å². The largest absolute Gasteiger partial charge is 0.466 e. The average Bonchev–Trinajstić information content (AvgIpc) is 3.41. The van der Waals surface area contributed by atoms with Crippen molar-refractivity contribution in [3.05, 3.63) is 35.4 Å². The summed E-state index contributed by atoms with van der Waals surface area (Å²) in [5.74, 6) is 1.45. The van der Waals surface area contributed by atoms with Crippen molar-refractivity contribution in [1.29, 1.82) is 0 Å². The van der Waals surface area contributed by atoms with Gasteiger partial charge in [0.15, 0.2) is 10.9 Å². The molecule has 2 aliphatic heterocycles. The van der Waals surface area contributed by atoms with Gasteiger partial charge in [-0.3, -0.25) is 14.4 Å². The van der Waals surface area contributed by atoms with E-state index in [9.17, 15) is 14.4 Å². The summed E-state index contributed by atoms with van der Waals surface area (Å²) in [6.07, 6.45) is 1.47. The Bertz CT molecular complexity index is 1130. The van der Waals surface area contributed by atoms with Crippen molar-refractivity contribution in [2.75, 3.05) is 57.9 Å². The summed E-state index contributed by atoms with van der Waals surface area (Å²) in [6.45, 7) is 7.69. The first-order valence-corrected chi connectivity index (χ1v) is 13.9. The fourth-order valence-electron chi connectivity index (χ4n) is 4.63. The SMILES string of the molecule is CCOC(=O)C1CCCN(C(=O)c2ccc(CSc3nc(COC)cc(N4CCN(C(C)=O)CC4)n3)o2)C1. The number of amides is 2. The molecule has 0 N–H and O–H groups in total. The maximum atomic E-state index is 13.0. The number of rotatable bonds is 9. The maximum absolute atomic E-state index is 13.0. The summed E-state index contributed by atoms with van der Waals surface area (Å²) in [7, 11) is 1.62. The first-order valence-electron chi connectivity index (χ1n) is 12.9. The van der Waals surface area contributed by atoms with Crippen molar-refractivity contribution in [2.45, 2.75) is 44.2 Å². The van der Waals surface area contributed by atoms with E-state index in [-0.39, 0.29) is 29.5 Å². The summed E-state index contributed by atoms with van der Waals surface area (Å²) in [6, 6.07) is 5.38. The molecule has 2 fully saturated rings. The van der Waals surface area contributed by atoms with E-state index in [4.69, 9.17) is 18.9 Å². The van der Waals surface area contributed by atoms with E-state index in [1.54, 1.807) is 38.0 Å². The van der Waals surface area contributed by atoms with Gasteiger partial charge in [0.25, 0.3) is 5.91 Å². The Balaban J connectivity index is 1.38. The molecule has 38 heavy (non-hydrogen) atoms. The highest BCUT2D eigenvalue weighted by Crippen LogP contribution is 2.26. The van der Waals surface area contributed by atoms with Crippen LogP contribution in [0.4, 0.5) is 5.82 Å². The Morgan fingerprint density at radius 1 is 1.11 bits per heavy atom. The first kappa shape index (κ1) is 27.9. The number of hydrogen-bond acceptors (Lipinski definition) is 10. The van der Waals surface area contributed by atoms with E-state index < -0.39 is 0 Å². The van der Waals surface area contributed by atoms with Gasteiger partial charge in [0.1, 0.15) is 11.6 Å². The molecule has 2 amide bonds. The molecule has 2 aromatic heterocycles. The van der Waals surface area contributed by atoms with Crippen LogP contribution in [0.25, 0.3) is 0 Å². The molecule has 206 valence electrons. The normalized spacial score (nSPS) is 18.0. The lowest BCUT2D eigenvalue weighted by Gasteiger charge is -2.35. The Labute approximate surface area is 226 Å². The van der Waals surface area contributed by atoms with Crippen LogP contribution in [-0.4, -0.2) is 90.5 Å². The van der Waals surface area contributed by atoms with Crippen LogP contribution in [-0.2, 0) is 31.4 Å². The van der Waals surface area contributed by atoms with Crippen LogP contribution in [0, 0.1) is 5.92 Å². The molecule has 0 bridgehead atoms. The zero-order valence-electron chi connectivity index (χ0n) is 22.2. The standard InChI is InChI=1S/C26H35N5O6S/c1-4-36-25(34)19-6-5-9-31(15-19)24(33)22-8-7-21(37-22)17-38-26-27-20(16-35-3)14-23(28-26)30-12-10-29(11-13-30)18(2)32/h7-8,14,19H,4-6,9-13,15-17H2,1-3H3. The Morgan fingerprint density at radius 3 is 2.61 bits per heavy atom. The smallest absolute Gasteiger partial charge is 0.310 e. The molecule has 12 heteroatoms. The second-order valence-electron chi connectivity index (χ2n) is 9.32. The zero-order valence-corrected chi connectivity index (χ0v) is 23.0. The molecule has 0 spiro atoms. The Hall–Kier alpha value is -3.12. The van der Waals surface area contributed by atoms with E-state index in [1.807, 2.05) is 11.0 Å². The molecular weight excluding hydrogens is 510 g/mol. The number of hydrogen-bond donors (Lipinski definition) is 0. The molecule has 0 aliphatic carbocycles. The third-order valence-corrected chi connectivity index (χ3v) is 7.50. The second-order valence-corrected chi connectivity index (χ2v) is 10.3. The number of ether oxygens (including phenoxy) is 2. The molecule has 11 nitrogen and oxygen atoms in total. The van der Waals surface area contributed by atoms with E-state index >= 15 is 0 Å². The van der Waals surface area contributed by atoms with Gasteiger partial charge in [0.2, 0.25) is 5.91 Å². The second kappa shape index (κ2) is 13.1. The lowest BCUT2D eigenvalue weighted by Crippen LogP contribution is -2.48. The number of furan rings is 1.